The lowest BCUT2D eigenvalue weighted by Crippen LogP contribution is -2.38. The fourth-order valence-corrected chi connectivity index (χ4v) is 3.75. The summed E-state index contributed by atoms with van der Waals surface area (Å²) in [4.78, 5) is 17.6. The molecule has 8 heteroatoms. The topological polar surface area (TPSA) is 82.7 Å². The van der Waals surface area contributed by atoms with Crippen LogP contribution in [0.1, 0.15) is 36.6 Å². The van der Waals surface area contributed by atoms with Gasteiger partial charge in [0.15, 0.2) is 5.82 Å². The van der Waals surface area contributed by atoms with Crippen LogP contribution >= 0.6 is 23.4 Å². The summed E-state index contributed by atoms with van der Waals surface area (Å²) in [6.45, 7) is 2.31. The molecule has 23 heavy (non-hydrogen) atoms. The summed E-state index contributed by atoms with van der Waals surface area (Å²) in [5.74, 6) is 2.37. The van der Waals surface area contributed by atoms with Gasteiger partial charge in [0.1, 0.15) is 5.82 Å². The molecule has 3 N–H and O–H groups in total. The Kier molecular flexibility index (Phi) is 5.07. The Bertz CT molecular complexity index is 705. The van der Waals surface area contributed by atoms with Crippen molar-refractivity contribution in [3.63, 3.8) is 0 Å². The fraction of sp³-hybridized carbons (Fsp3) is 0.400. The van der Waals surface area contributed by atoms with E-state index in [9.17, 15) is 4.79 Å². The molecule has 1 atom stereocenters. The van der Waals surface area contributed by atoms with Crippen LogP contribution in [0.3, 0.4) is 0 Å². The van der Waals surface area contributed by atoms with E-state index in [1.54, 1.807) is 11.8 Å². The number of hydrogen-bond donors (Lipinski definition) is 3. The molecule has 0 saturated carbocycles. The number of halogens is 1. The number of carbonyl (C=O) groups excluding carboxylic acids is 1. The number of nitrogens with one attached hydrogen (secondary N) is 3. The minimum Gasteiger partial charge on any atom is -0.331 e. The highest BCUT2D eigenvalue weighted by Gasteiger charge is 2.22. The van der Waals surface area contributed by atoms with Crippen LogP contribution < -0.4 is 10.6 Å². The number of aromatic amines is 1. The smallest absolute Gasteiger partial charge is 0.315 e. The van der Waals surface area contributed by atoms with Crippen molar-refractivity contribution in [3.8, 4) is 0 Å². The highest BCUT2D eigenvalue weighted by atomic mass is 35.5. The molecule has 1 aromatic heterocycles. The first kappa shape index (κ1) is 16.1. The minimum atomic E-state index is -0.220. The van der Waals surface area contributed by atoms with E-state index in [2.05, 4.69) is 25.8 Å². The maximum atomic E-state index is 12.1. The highest BCUT2D eigenvalue weighted by Crippen LogP contribution is 2.37. The number of benzene rings is 1. The molecule has 0 bridgehead atoms. The third-order valence-corrected chi connectivity index (χ3v) is 4.99. The fourth-order valence-electron chi connectivity index (χ4n) is 2.46. The van der Waals surface area contributed by atoms with Crippen LogP contribution in [-0.4, -0.2) is 27.0 Å². The van der Waals surface area contributed by atoms with Crippen LogP contribution in [-0.2, 0) is 13.0 Å². The van der Waals surface area contributed by atoms with Gasteiger partial charge in [-0.3, -0.25) is 5.10 Å². The quantitative estimate of drug-likeness (QED) is 0.790. The number of urea groups is 1. The summed E-state index contributed by atoms with van der Waals surface area (Å²) in [7, 11) is 0. The lowest BCUT2D eigenvalue weighted by molar-refractivity contribution is 0.236. The Morgan fingerprint density at radius 3 is 3.17 bits per heavy atom. The van der Waals surface area contributed by atoms with Gasteiger partial charge in [0.2, 0.25) is 0 Å². The zero-order valence-electron chi connectivity index (χ0n) is 12.7. The standard InChI is InChI=1S/C15H18ClN5OS/c1-2-13-19-14(21-20-13)8-17-15(22)18-11-5-6-23-12-4-3-9(16)7-10(11)12/h3-4,7,11H,2,5-6,8H2,1H3,(H2,17,18,22)(H,19,20,21). The molecule has 0 saturated heterocycles. The second kappa shape index (κ2) is 7.23. The van der Waals surface area contributed by atoms with Gasteiger partial charge in [0.25, 0.3) is 0 Å². The third kappa shape index (κ3) is 3.97. The average Bonchev–Trinajstić information content (AvgIpc) is 3.02. The molecule has 0 spiro atoms. The molecule has 0 aliphatic carbocycles. The van der Waals surface area contributed by atoms with E-state index in [-0.39, 0.29) is 12.1 Å². The van der Waals surface area contributed by atoms with E-state index < -0.39 is 0 Å². The van der Waals surface area contributed by atoms with Crippen LogP contribution in [0.5, 0.6) is 0 Å². The second-order valence-corrected chi connectivity index (χ2v) is 6.82. The molecule has 2 amide bonds. The van der Waals surface area contributed by atoms with Crippen molar-refractivity contribution in [2.45, 2.75) is 37.2 Å². The van der Waals surface area contributed by atoms with E-state index in [4.69, 9.17) is 11.6 Å². The number of amides is 2. The molecular weight excluding hydrogens is 334 g/mol. The van der Waals surface area contributed by atoms with Crippen molar-refractivity contribution in [1.29, 1.82) is 0 Å². The van der Waals surface area contributed by atoms with E-state index >= 15 is 0 Å². The first-order valence-electron chi connectivity index (χ1n) is 7.52. The number of thioether (sulfide) groups is 1. The molecule has 2 aromatic rings. The molecule has 3 rings (SSSR count). The van der Waals surface area contributed by atoms with Crippen molar-refractivity contribution in [3.05, 3.63) is 40.4 Å². The predicted molar refractivity (Wildman–Crippen MR) is 90.7 cm³/mol. The molecule has 0 fully saturated rings. The first-order valence-corrected chi connectivity index (χ1v) is 8.89. The molecular formula is C15H18ClN5OS. The predicted octanol–water partition coefficient (Wildman–Crippen LogP) is 3.06. The molecule has 2 heterocycles. The van der Waals surface area contributed by atoms with Crippen LogP contribution in [0.2, 0.25) is 5.02 Å². The number of fused-ring (bicyclic) bond motifs is 1. The summed E-state index contributed by atoms with van der Waals surface area (Å²) in [5.41, 5.74) is 1.08. The summed E-state index contributed by atoms with van der Waals surface area (Å²) in [5, 5.41) is 13.4. The summed E-state index contributed by atoms with van der Waals surface area (Å²) < 4.78 is 0. The van der Waals surface area contributed by atoms with Gasteiger partial charge < -0.3 is 10.6 Å². The van der Waals surface area contributed by atoms with Crippen molar-refractivity contribution in [1.82, 2.24) is 25.8 Å². The van der Waals surface area contributed by atoms with E-state index in [0.717, 1.165) is 30.0 Å². The number of nitrogens with zero attached hydrogens (tertiary/aromatic N) is 2. The summed E-state index contributed by atoms with van der Waals surface area (Å²) >= 11 is 7.87. The lowest BCUT2D eigenvalue weighted by atomic mass is 10.0. The molecule has 1 aliphatic heterocycles. The van der Waals surface area contributed by atoms with Gasteiger partial charge in [-0.25, -0.2) is 9.78 Å². The van der Waals surface area contributed by atoms with Gasteiger partial charge in [-0.05, 0) is 30.2 Å². The molecule has 1 aliphatic rings. The van der Waals surface area contributed by atoms with Gasteiger partial charge in [0, 0.05) is 22.1 Å². The summed E-state index contributed by atoms with van der Waals surface area (Å²) in [6, 6.07) is 5.57. The Hall–Kier alpha value is -1.73. The van der Waals surface area contributed by atoms with Gasteiger partial charge in [-0.1, -0.05) is 18.5 Å². The molecule has 0 radical (unpaired) electrons. The maximum absolute atomic E-state index is 12.1. The van der Waals surface area contributed by atoms with Gasteiger partial charge in [-0.2, -0.15) is 5.10 Å². The zero-order chi connectivity index (χ0) is 16.2. The van der Waals surface area contributed by atoms with Crippen molar-refractivity contribution in [2.24, 2.45) is 0 Å². The molecule has 6 nitrogen and oxygen atoms in total. The maximum Gasteiger partial charge on any atom is 0.315 e. The summed E-state index contributed by atoms with van der Waals surface area (Å²) in [6.07, 6.45) is 1.65. The second-order valence-electron chi connectivity index (χ2n) is 5.25. The Labute approximate surface area is 143 Å². The molecule has 1 unspecified atom stereocenters. The third-order valence-electron chi connectivity index (χ3n) is 3.63. The largest absolute Gasteiger partial charge is 0.331 e. The number of carbonyl (C=O) groups is 1. The van der Waals surface area contributed by atoms with E-state index in [1.807, 2.05) is 25.1 Å². The van der Waals surface area contributed by atoms with Crippen molar-refractivity contribution >= 4 is 29.4 Å². The number of aryl methyl sites for hydroxylation is 1. The average molecular weight is 352 g/mol. The van der Waals surface area contributed by atoms with Crippen LogP contribution in [0.4, 0.5) is 4.79 Å². The first-order chi connectivity index (χ1) is 11.2. The number of H-pyrrole nitrogens is 1. The van der Waals surface area contributed by atoms with E-state index in [0.29, 0.717) is 17.4 Å². The van der Waals surface area contributed by atoms with Gasteiger partial charge >= 0.3 is 6.03 Å². The van der Waals surface area contributed by atoms with Gasteiger partial charge in [-0.15, -0.1) is 11.8 Å². The zero-order valence-corrected chi connectivity index (χ0v) is 14.3. The molecule has 1 aromatic carbocycles. The highest BCUT2D eigenvalue weighted by molar-refractivity contribution is 7.99. The Morgan fingerprint density at radius 1 is 1.52 bits per heavy atom. The normalized spacial score (nSPS) is 16.7. The Balaban J connectivity index is 1.59. The van der Waals surface area contributed by atoms with E-state index in [1.165, 1.54) is 4.90 Å². The SMILES string of the molecule is CCc1n[nH]c(CNC(=O)NC2CCSc3ccc(Cl)cc32)n1. The van der Waals surface area contributed by atoms with Gasteiger partial charge in [0.05, 0.1) is 12.6 Å². The minimum absolute atomic E-state index is 0.0223. The molecule has 122 valence electrons. The number of hydrogen-bond acceptors (Lipinski definition) is 4. The van der Waals surface area contributed by atoms with Crippen molar-refractivity contribution in [2.75, 3.05) is 5.75 Å². The van der Waals surface area contributed by atoms with Crippen molar-refractivity contribution < 1.29 is 4.79 Å². The van der Waals surface area contributed by atoms with Crippen LogP contribution in [0.25, 0.3) is 0 Å². The van der Waals surface area contributed by atoms with Crippen LogP contribution in [0.15, 0.2) is 23.1 Å². The Morgan fingerprint density at radius 2 is 2.39 bits per heavy atom. The number of rotatable bonds is 4. The van der Waals surface area contributed by atoms with Crippen LogP contribution in [0, 0.1) is 0 Å². The number of aromatic nitrogens is 3. The lowest BCUT2D eigenvalue weighted by Gasteiger charge is -2.26. The monoisotopic (exact) mass is 351 g/mol.